The molecule has 1 atom stereocenters. The van der Waals surface area contributed by atoms with Gasteiger partial charge in [0.05, 0.1) is 23.4 Å². The van der Waals surface area contributed by atoms with Crippen LogP contribution in [0, 0.1) is 0 Å². The van der Waals surface area contributed by atoms with Crippen LogP contribution in [-0.4, -0.2) is 27.0 Å². The predicted molar refractivity (Wildman–Crippen MR) is 105 cm³/mol. The van der Waals surface area contributed by atoms with E-state index < -0.39 is 0 Å². The zero-order chi connectivity index (χ0) is 19.4. The van der Waals surface area contributed by atoms with Gasteiger partial charge in [-0.25, -0.2) is 0 Å². The maximum atomic E-state index is 13.2. The van der Waals surface area contributed by atoms with Crippen LogP contribution in [0.15, 0.2) is 30.5 Å². The molecule has 27 heavy (non-hydrogen) atoms. The zero-order valence-electron chi connectivity index (χ0n) is 16.6. The predicted octanol–water partition coefficient (Wildman–Crippen LogP) is 4.54. The Bertz CT molecular complexity index is 800. The average Bonchev–Trinajstić information content (AvgIpc) is 3.21. The molecular formula is C22H30N2O3. The largest absolute Gasteiger partial charge is 0.462 e. The van der Waals surface area contributed by atoms with Crippen molar-refractivity contribution >= 4 is 11.8 Å². The van der Waals surface area contributed by atoms with Gasteiger partial charge in [0.15, 0.2) is 0 Å². The second-order valence-corrected chi connectivity index (χ2v) is 7.60. The molecule has 0 aromatic carbocycles. The molecule has 3 heterocycles. The fourth-order valence-electron chi connectivity index (χ4n) is 3.83. The Morgan fingerprint density at radius 3 is 2.74 bits per heavy atom. The minimum absolute atomic E-state index is 0.0280. The summed E-state index contributed by atoms with van der Waals surface area (Å²) in [5, 5.41) is 0. The van der Waals surface area contributed by atoms with E-state index in [0.29, 0.717) is 5.69 Å². The van der Waals surface area contributed by atoms with Crippen LogP contribution >= 0.6 is 0 Å². The van der Waals surface area contributed by atoms with Crippen molar-refractivity contribution in [2.75, 3.05) is 0 Å². The minimum atomic E-state index is -0.289. The van der Waals surface area contributed by atoms with Crippen molar-refractivity contribution < 1.29 is 14.3 Å². The summed E-state index contributed by atoms with van der Waals surface area (Å²) >= 11 is 0. The second kappa shape index (κ2) is 8.59. The molecule has 1 aliphatic heterocycles. The Kier molecular flexibility index (Phi) is 6.19. The van der Waals surface area contributed by atoms with Crippen molar-refractivity contribution in [1.82, 2.24) is 9.13 Å². The third-order valence-electron chi connectivity index (χ3n) is 5.18. The van der Waals surface area contributed by atoms with Gasteiger partial charge in [0.25, 0.3) is 0 Å². The van der Waals surface area contributed by atoms with E-state index in [0.717, 1.165) is 56.6 Å². The standard InChI is InChI=1S/C22H30N2O3/c1-4-5-13-23-14-8-10-19(23)21(25)20-12-11-18-17(22(26)27-16(2)3)9-6-7-15-24(18)20/h8,10-12,14,16-17H,4-7,9,13,15H2,1-3H3. The van der Waals surface area contributed by atoms with Crippen LogP contribution in [0.1, 0.15) is 80.7 Å². The lowest BCUT2D eigenvalue weighted by atomic mass is 10.00. The fourth-order valence-corrected chi connectivity index (χ4v) is 3.83. The number of hydrogen-bond acceptors (Lipinski definition) is 3. The molecule has 3 rings (SSSR count). The average molecular weight is 370 g/mol. The van der Waals surface area contributed by atoms with Crippen LogP contribution in [0.4, 0.5) is 0 Å². The molecule has 0 N–H and O–H groups in total. The molecule has 2 aromatic heterocycles. The molecule has 5 heteroatoms. The highest BCUT2D eigenvalue weighted by molar-refractivity contribution is 6.07. The summed E-state index contributed by atoms with van der Waals surface area (Å²) in [6.45, 7) is 7.50. The molecule has 0 amide bonds. The summed E-state index contributed by atoms with van der Waals surface area (Å²) in [5.41, 5.74) is 2.30. The third-order valence-corrected chi connectivity index (χ3v) is 5.18. The van der Waals surface area contributed by atoms with Gasteiger partial charge in [-0.3, -0.25) is 9.59 Å². The SMILES string of the molecule is CCCCn1cccc1C(=O)c1ccc2n1CCCCC2C(=O)OC(C)C. The van der Waals surface area contributed by atoms with E-state index in [2.05, 4.69) is 6.92 Å². The summed E-state index contributed by atoms with van der Waals surface area (Å²) in [7, 11) is 0. The number of carbonyl (C=O) groups excluding carboxylic acids is 2. The number of ether oxygens (including phenoxy) is 1. The first-order valence-corrected chi connectivity index (χ1v) is 10.1. The zero-order valence-corrected chi connectivity index (χ0v) is 16.6. The number of aromatic nitrogens is 2. The number of unbranched alkanes of at least 4 members (excludes halogenated alkanes) is 1. The van der Waals surface area contributed by atoms with Crippen molar-refractivity contribution in [2.24, 2.45) is 0 Å². The van der Waals surface area contributed by atoms with Crippen LogP contribution in [0.3, 0.4) is 0 Å². The molecule has 1 unspecified atom stereocenters. The topological polar surface area (TPSA) is 53.2 Å². The van der Waals surface area contributed by atoms with Crippen LogP contribution in [0.5, 0.6) is 0 Å². The Hall–Kier alpha value is -2.30. The Labute approximate surface area is 161 Å². The van der Waals surface area contributed by atoms with Crippen molar-refractivity contribution in [3.63, 3.8) is 0 Å². The van der Waals surface area contributed by atoms with Crippen molar-refractivity contribution in [2.45, 2.75) is 78.0 Å². The van der Waals surface area contributed by atoms with E-state index in [1.54, 1.807) is 0 Å². The molecule has 2 aromatic rings. The van der Waals surface area contributed by atoms with Gasteiger partial charge in [-0.05, 0) is 57.4 Å². The number of esters is 1. The van der Waals surface area contributed by atoms with E-state index in [4.69, 9.17) is 4.74 Å². The van der Waals surface area contributed by atoms with Gasteiger partial charge in [0.1, 0.15) is 0 Å². The number of ketones is 1. The monoisotopic (exact) mass is 370 g/mol. The number of hydrogen-bond donors (Lipinski definition) is 0. The van der Waals surface area contributed by atoms with Gasteiger partial charge in [-0.15, -0.1) is 0 Å². The van der Waals surface area contributed by atoms with Crippen LogP contribution in [0.25, 0.3) is 0 Å². The molecule has 1 aliphatic rings. The Morgan fingerprint density at radius 1 is 1.19 bits per heavy atom. The van der Waals surface area contributed by atoms with Gasteiger partial charge in [0.2, 0.25) is 5.78 Å². The number of fused-ring (bicyclic) bond motifs is 1. The summed E-state index contributed by atoms with van der Waals surface area (Å²) in [6, 6.07) is 7.62. The number of rotatable bonds is 7. The van der Waals surface area contributed by atoms with Crippen molar-refractivity contribution in [3.05, 3.63) is 47.5 Å². The Balaban J connectivity index is 1.91. The van der Waals surface area contributed by atoms with E-state index in [1.807, 2.05) is 53.4 Å². The summed E-state index contributed by atoms with van der Waals surface area (Å²) in [6.07, 6.45) is 6.67. The highest BCUT2D eigenvalue weighted by Gasteiger charge is 2.30. The van der Waals surface area contributed by atoms with Crippen molar-refractivity contribution in [3.8, 4) is 0 Å². The highest BCUT2D eigenvalue weighted by atomic mass is 16.5. The van der Waals surface area contributed by atoms with Gasteiger partial charge < -0.3 is 13.9 Å². The maximum absolute atomic E-state index is 13.2. The minimum Gasteiger partial charge on any atom is -0.462 e. The van der Waals surface area contributed by atoms with E-state index >= 15 is 0 Å². The first-order chi connectivity index (χ1) is 13.0. The molecule has 0 spiro atoms. The third kappa shape index (κ3) is 4.18. The first-order valence-electron chi connectivity index (χ1n) is 10.1. The van der Waals surface area contributed by atoms with Crippen molar-refractivity contribution in [1.29, 1.82) is 0 Å². The number of carbonyl (C=O) groups is 2. The van der Waals surface area contributed by atoms with Crippen LogP contribution < -0.4 is 0 Å². The van der Waals surface area contributed by atoms with Gasteiger partial charge >= 0.3 is 5.97 Å². The second-order valence-electron chi connectivity index (χ2n) is 7.60. The smallest absolute Gasteiger partial charge is 0.315 e. The molecule has 5 nitrogen and oxygen atoms in total. The van der Waals surface area contributed by atoms with Gasteiger partial charge in [-0.2, -0.15) is 0 Å². The van der Waals surface area contributed by atoms with Gasteiger partial charge in [-0.1, -0.05) is 19.8 Å². The quantitative estimate of drug-likeness (QED) is 0.531. The fraction of sp³-hybridized carbons (Fsp3) is 0.545. The lowest BCUT2D eigenvalue weighted by Crippen LogP contribution is -2.22. The molecule has 0 saturated heterocycles. The molecule has 0 bridgehead atoms. The molecule has 0 aliphatic carbocycles. The molecule has 0 saturated carbocycles. The van der Waals surface area contributed by atoms with Gasteiger partial charge in [0, 0.05) is 25.0 Å². The number of nitrogens with zero attached hydrogens (tertiary/aromatic N) is 2. The highest BCUT2D eigenvalue weighted by Crippen LogP contribution is 2.31. The van der Waals surface area contributed by atoms with Crippen LogP contribution in [-0.2, 0) is 22.6 Å². The Morgan fingerprint density at radius 2 is 2.00 bits per heavy atom. The van der Waals surface area contributed by atoms with E-state index in [9.17, 15) is 9.59 Å². The lowest BCUT2D eigenvalue weighted by Gasteiger charge is -2.18. The van der Waals surface area contributed by atoms with E-state index in [1.165, 1.54) is 0 Å². The summed E-state index contributed by atoms with van der Waals surface area (Å²) < 4.78 is 9.54. The number of aryl methyl sites for hydroxylation is 1. The lowest BCUT2D eigenvalue weighted by molar-refractivity contribution is -0.149. The maximum Gasteiger partial charge on any atom is 0.315 e. The molecule has 0 fully saturated rings. The summed E-state index contributed by atoms with van der Waals surface area (Å²) in [4.78, 5) is 25.8. The molecule has 0 radical (unpaired) electrons. The first kappa shape index (κ1) is 19.5. The van der Waals surface area contributed by atoms with Crippen LogP contribution in [0.2, 0.25) is 0 Å². The molecular weight excluding hydrogens is 340 g/mol. The summed E-state index contributed by atoms with van der Waals surface area (Å²) in [5.74, 6) is -0.444. The molecule has 146 valence electrons. The van der Waals surface area contributed by atoms with E-state index in [-0.39, 0.29) is 23.8 Å². The normalized spacial score (nSPS) is 16.8.